The highest BCUT2D eigenvalue weighted by Gasteiger charge is 2.26. The van der Waals surface area contributed by atoms with Crippen LogP contribution in [0.3, 0.4) is 0 Å². The Labute approximate surface area is 101 Å². The van der Waals surface area contributed by atoms with Crippen LogP contribution in [0.1, 0.15) is 44.9 Å². The summed E-state index contributed by atoms with van der Waals surface area (Å²) in [6, 6.07) is 0.488. The maximum Gasteiger partial charge on any atom is 0.315 e. The van der Waals surface area contributed by atoms with Crippen LogP contribution >= 0.6 is 11.6 Å². The summed E-state index contributed by atoms with van der Waals surface area (Å²) in [5.41, 5.74) is 0.369. The minimum Gasteiger partial charge on any atom is -0.407 e. The number of rotatable bonds is 4. The summed E-state index contributed by atoms with van der Waals surface area (Å²) in [7, 11) is 0. The Morgan fingerprint density at radius 2 is 2.06 bits per heavy atom. The van der Waals surface area contributed by atoms with E-state index in [1.807, 2.05) is 0 Å². The number of anilines is 1. The van der Waals surface area contributed by atoms with Gasteiger partial charge in [0, 0.05) is 6.54 Å². The molecule has 1 aliphatic carbocycles. The van der Waals surface area contributed by atoms with Gasteiger partial charge in [0.1, 0.15) is 5.88 Å². The SMILES string of the molecule is CC1(CNc2nnc(CCl)o2)CCCCC1. The van der Waals surface area contributed by atoms with E-state index in [2.05, 4.69) is 22.4 Å². The molecule has 0 amide bonds. The maximum absolute atomic E-state index is 5.59. The molecule has 1 heterocycles. The van der Waals surface area contributed by atoms with Gasteiger partial charge in [-0.2, -0.15) is 0 Å². The van der Waals surface area contributed by atoms with Gasteiger partial charge in [-0.25, -0.2) is 0 Å². The van der Waals surface area contributed by atoms with Gasteiger partial charge in [0.15, 0.2) is 0 Å². The van der Waals surface area contributed by atoms with Crippen LogP contribution in [0.2, 0.25) is 0 Å². The summed E-state index contributed by atoms with van der Waals surface area (Å²) in [6.45, 7) is 3.22. The average Bonchev–Trinajstić information content (AvgIpc) is 2.75. The van der Waals surface area contributed by atoms with E-state index in [1.54, 1.807) is 0 Å². The lowest BCUT2D eigenvalue weighted by molar-refractivity contribution is 0.232. The first-order chi connectivity index (χ1) is 7.72. The van der Waals surface area contributed by atoms with Crippen molar-refractivity contribution in [3.63, 3.8) is 0 Å². The maximum atomic E-state index is 5.59. The van der Waals surface area contributed by atoms with Crippen LogP contribution in [0.25, 0.3) is 0 Å². The number of hydrogen-bond donors (Lipinski definition) is 1. The van der Waals surface area contributed by atoms with Gasteiger partial charge in [-0.15, -0.1) is 16.7 Å². The molecule has 1 aromatic rings. The lowest BCUT2D eigenvalue weighted by atomic mass is 9.76. The molecule has 0 saturated heterocycles. The number of hydrogen-bond acceptors (Lipinski definition) is 4. The summed E-state index contributed by atoms with van der Waals surface area (Å²) in [6.07, 6.45) is 6.57. The van der Waals surface area contributed by atoms with E-state index in [-0.39, 0.29) is 5.88 Å². The van der Waals surface area contributed by atoms with Gasteiger partial charge in [-0.1, -0.05) is 31.3 Å². The van der Waals surface area contributed by atoms with Crippen molar-refractivity contribution in [3.8, 4) is 0 Å². The Morgan fingerprint density at radius 1 is 1.31 bits per heavy atom. The van der Waals surface area contributed by atoms with E-state index < -0.39 is 0 Å². The molecular weight excluding hydrogens is 226 g/mol. The highest BCUT2D eigenvalue weighted by Crippen LogP contribution is 2.35. The predicted molar refractivity (Wildman–Crippen MR) is 63.5 cm³/mol. The van der Waals surface area contributed by atoms with Crippen LogP contribution < -0.4 is 5.32 Å². The Hall–Kier alpha value is -0.770. The normalized spacial score (nSPS) is 19.6. The molecule has 1 saturated carbocycles. The summed E-state index contributed by atoms with van der Waals surface area (Å²) < 4.78 is 5.30. The number of nitrogens with one attached hydrogen (secondary N) is 1. The summed E-state index contributed by atoms with van der Waals surface area (Å²) in [5.74, 6) is 0.740. The van der Waals surface area contributed by atoms with Crippen molar-refractivity contribution in [1.29, 1.82) is 0 Å². The second kappa shape index (κ2) is 5.04. The zero-order valence-electron chi connectivity index (χ0n) is 9.63. The van der Waals surface area contributed by atoms with Crippen molar-refractivity contribution >= 4 is 17.6 Å². The van der Waals surface area contributed by atoms with Crippen LogP contribution in [-0.4, -0.2) is 16.7 Å². The Morgan fingerprint density at radius 3 is 2.69 bits per heavy atom. The summed E-state index contributed by atoms with van der Waals surface area (Å²) in [5, 5.41) is 10.9. The van der Waals surface area contributed by atoms with Crippen molar-refractivity contribution in [2.24, 2.45) is 5.41 Å². The molecule has 1 aromatic heterocycles. The number of alkyl halides is 1. The molecule has 4 nitrogen and oxygen atoms in total. The molecule has 0 aromatic carbocycles. The van der Waals surface area contributed by atoms with E-state index in [0.29, 0.717) is 17.3 Å². The second-order valence-corrected chi connectivity index (χ2v) is 5.13. The lowest BCUT2D eigenvalue weighted by Crippen LogP contribution is -2.28. The number of halogens is 1. The van der Waals surface area contributed by atoms with E-state index in [4.69, 9.17) is 16.0 Å². The fraction of sp³-hybridized carbons (Fsp3) is 0.818. The number of nitrogens with zero attached hydrogens (tertiary/aromatic N) is 2. The molecule has 5 heteroatoms. The lowest BCUT2D eigenvalue weighted by Gasteiger charge is -2.33. The summed E-state index contributed by atoms with van der Waals surface area (Å²) in [4.78, 5) is 0. The van der Waals surface area contributed by atoms with Crippen LogP contribution in [0.5, 0.6) is 0 Å². The largest absolute Gasteiger partial charge is 0.407 e. The molecule has 1 N–H and O–H groups in total. The third-order valence-corrected chi connectivity index (χ3v) is 3.54. The third-order valence-electron chi connectivity index (χ3n) is 3.31. The van der Waals surface area contributed by atoms with Crippen molar-refractivity contribution in [1.82, 2.24) is 10.2 Å². The van der Waals surface area contributed by atoms with Crippen LogP contribution in [-0.2, 0) is 5.88 Å². The fourth-order valence-corrected chi connectivity index (χ4v) is 2.36. The van der Waals surface area contributed by atoms with E-state index in [0.717, 1.165) is 6.54 Å². The van der Waals surface area contributed by atoms with Crippen molar-refractivity contribution in [2.75, 3.05) is 11.9 Å². The minimum atomic E-state index is 0.270. The highest BCUT2D eigenvalue weighted by atomic mass is 35.5. The van der Waals surface area contributed by atoms with E-state index >= 15 is 0 Å². The quantitative estimate of drug-likeness (QED) is 0.826. The molecule has 0 bridgehead atoms. The Kier molecular flexibility index (Phi) is 3.69. The first-order valence-electron chi connectivity index (χ1n) is 5.84. The van der Waals surface area contributed by atoms with Gasteiger partial charge in [0.05, 0.1) is 0 Å². The zero-order chi connectivity index (χ0) is 11.4. The van der Waals surface area contributed by atoms with Crippen LogP contribution in [0.15, 0.2) is 4.42 Å². The topological polar surface area (TPSA) is 51.0 Å². The van der Waals surface area contributed by atoms with Gasteiger partial charge in [0.2, 0.25) is 5.89 Å². The van der Waals surface area contributed by atoms with Gasteiger partial charge in [-0.3, -0.25) is 0 Å². The van der Waals surface area contributed by atoms with E-state index in [9.17, 15) is 0 Å². The van der Waals surface area contributed by atoms with Gasteiger partial charge >= 0.3 is 6.01 Å². The molecule has 16 heavy (non-hydrogen) atoms. The predicted octanol–water partition coefficient (Wildman–Crippen LogP) is 3.19. The molecule has 1 fully saturated rings. The van der Waals surface area contributed by atoms with Crippen molar-refractivity contribution in [2.45, 2.75) is 44.9 Å². The standard InChI is InChI=1S/C11H18ClN3O/c1-11(5-3-2-4-6-11)8-13-10-15-14-9(7-12)16-10/h2-8H2,1H3,(H,13,15). The van der Waals surface area contributed by atoms with Crippen molar-refractivity contribution in [3.05, 3.63) is 5.89 Å². The molecular formula is C11H18ClN3O. The van der Waals surface area contributed by atoms with Crippen LogP contribution in [0.4, 0.5) is 6.01 Å². The van der Waals surface area contributed by atoms with Gasteiger partial charge in [-0.05, 0) is 18.3 Å². The molecule has 90 valence electrons. The second-order valence-electron chi connectivity index (χ2n) is 4.86. The van der Waals surface area contributed by atoms with Crippen molar-refractivity contribution < 1.29 is 4.42 Å². The zero-order valence-corrected chi connectivity index (χ0v) is 10.4. The molecule has 2 rings (SSSR count). The Bertz CT molecular complexity index is 334. The van der Waals surface area contributed by atoms with Crippen LogP contribution in [0, 0.1) is 5.41 Å². The minimum absolute atomic E-state index is 0.270. The average molecular weight is 244 g/mol. The highest BCUT2D eigenvalue weighted by molar-refractivity contribution is 6.16. The monoisotopic (exact) mass is 243 g/mol. The molecule has 0 spiro atoms. The summed E-state index contributed by atoms with van der Waals surface area (Å²) >= 11 is 5.59. The molecule has 0 aliphatic heterocycles. The van der Waals surface area contributed by atoms with Gasteiger partial charge in [0.25, 0.3) is 0 Å². The van der Waals surface area contributed by atoms with E-state index in [1.165, 1.54) is 32.1 Å². The molecule has 1 aliphatic rings. The molecule has 0 atom stereocenters. The smallest absolute Gasteiger partial charge is 0.315 e. The fourth-order valence-electron chi connectivity index (χ4n) is 2.25. The van der Waals surface area contributed by atoms with Gasteiger partial charge < -0.3 is 9.73 Å². The first kappa shape index (κ1) is 11.7. The Balaban J connectivity index is 1.86. The molecule has 0 unspecified atom stereocenters. The molecule has 0 radical (unpaired) electrons. The number of aromatic nitrogens is 2. The third kappa shape index (κ3) is 2.88. The first-order valence-corrected chi connectivity index (χ1v) is 6.38.